The van der Waals surface area contributed by atoms with Crippen molar-refractivity contribution in [2.75, 3.05) is 0 Å². The summed E-state index contributed by atoms with van der Waals surface area (Å²) in [6.07, 6.45) is 4.88. The molecule has 0 unspecified atom stereocenters. The fraction of sp³-hybridized carbons (Fsp3) is 0.0833. The van der Waals surface area contributed by atoms with Crippen LogP contribution in [0.15, 0.2) is 43.1 Å². The zero-order valence-corrected chi connectivity index (χ0v) is 8.98. The van der Waals surface area contributed by atoms with Crippen molar-refractivity contribution < 1.29 is 5.11 Å². The molecule has 0 spiro atoms. The van der Waals surface area contributed by atoms with Gasteiger partial charge in [-0.25, -0.2) is 15.0 Å². The van der Waals surface area contributed by atoms with Crippen molar-refractivity contribution in [2.45, 2.75) is 6.61 Å². The van der Waals surface area contributed by atoms with E-state index in [2.05, 4.69) is 15.0 Å². The van der Waals surface area contributed by atoms with Gasteiger partial charge in [0.15, 0.2) is 5.65 Å². The Kier molecular flexibility index (Phi) is 2.31. The van der Waals surface area contributed by atoms with Gasteiger partial charge in [0.05, 0.1) is 12.8 Å². The number of benzene rings is 1. The molecule has 1 aromatic carbocycles. The number of nitrogens with zero attached hydrogens (tertiary/aromatic N) is 4. The summed E-state index contributed by atoms with van der Waals surface area (Å²) in [5.74, 6) is 0. The van der Waals surface area contributed by atoms with Gasteiger partial charge in [0, 0.05) is 5.69 Å². The lowest BCUT2D eigenvalue weighted by molar-refractivity contribution is 0.282. The average Bonchev–Trinajstić information content (AvgIpc) is 2.82. The monoisotopic (exact) mass is 226 g/mol. The molecule has 0 saturated heterocycles. The zero-order chi connectivity index (χ0) is 11.7. The van der Waals surface area contributed by atoms with Crippen LogP contribution in [0.2, 0.25) is 0 Å². The largest absolute Gasteiger partial charge is 0.392 e. The molecule has 17 heavy (non-hydrogen) atoms. The van der Waals surface area contributed by atoms with Crippen molar-refractivity contribution in [3.8, 4) is 5.69 Å². The van der Waals surface area contributed by atoms with Crippen LogP contribution >= 0.6 is 0 Å². The molecule has 3 rings (SSSR count). The maximum Gasteiger partial charge on any atom is 0.167 e. The lowest BCUT2D eigenvalue weighted by atomic mass is 10.2. The van der Waals surface area contributed by atoms with E-state index >= 15 is 0 Å². The maximum atomic E-state index is 9.12. The summed E-state index contributed by atoms with van der Waals surface area (Å²) in [7, 11) is 0. The second-order valence-electron chi connectivity index (χ2n) is 3.67. The van der Waals surface area contributed by atoms with Gasteiger partial charge in [-0.05, 0) is 17.7 Å². The first-order valence-corrected chi connectivity index (χ1v) is 5.22. The average molecular weight is 226 g/mol. The van der Waals surface area contributed by atoms with Crippen molar-refractivity contribution in [2.24, 2.45) is 0 Å². The van der Waals surface area contributed by atoms with E-state index in [1.54, 1.807) is 12.5 Å². The van der Waals surface area contributed by atoms with Crippen LogP contribution in [0.3, 0.4) is 0 Å². The molecule has 0 aliphatic carbocycles. The summed E-state index contributed by atoms with van der Waals surface area (Å²) >= 11 is 0. The van der Waals surface area contributed by atoms with Crippen LogP contribution in [0.1, 0.15) is 5.56 Å². The first kappa shape index (κ1) is 9.92. The van der Waals surface area contributed by atoms with Gasteiger partial charge in [0.1, 0.15) is 18.2 Å². The number of rotatable bonds is 2. The Bertz CT molecular complexity index is 662. The van der Waals surface area contributed by atoms with Gasteiger partial charge in [0.2, 0.25) is 0 Å². The van der Waals surface area contributed by atoms with Crippen molar-refractivity contribution in [1.29, 1.82) is 0 Å². The molecule has 0 atom stereocenters. The molecular formula is C12H10N4O. The second-order valence-corrected chi connectivity index (χ2v) is 3.67. The van der Waals surface area contributed by atoms with E-state index in [-0.39, 0.29) is 6.61 Å². The molecule has 0 radical (unpaired) electrons. The quantitative estimate of drug-likeness (QED) is 0.715. The number of aliphatic hydroxyl groups excluding tert-OH is 1. The fourth-order valence-corrected chi connectivity index (χ4v) is 1.76. The third-order valence-electron chi connectivity index (χ3n) is 2.58. The molecule has 5 heteroatoms. The standard InChI is InChI=1S/C12H10N4O/c17-6-9-2-1-3-10(4-9)16-8-15-11-5-13-7-14-12(11)16/h1-5,7-8,17H,6H2. The molecule has 3 aromatic rings. The zero-order valence-electron chi connectivity index (χ0n) is 8.98. The van der Waals surface area contributed by atoms with E-state index in [9.17, 15) is 0 Å². The second kappa shape index (κ2) is 3.95. The van der Waals surface area contributed by atoms with Crippen molar-refractivity contribution in [3.05, 3.63) is 48.7 Å². The highest BCUT2D eigenvalue weighted by Crippen LogP contribution is 2.16. The molecule has 2 aromatic heterocycles. The minimum atomic E-state index is 0.0233. The number of fused-ring (bicyclic) bond motifs is 1. The van der Waals surface area contributed by atoms with Gasteiger partial charge in [0.25, 0.3) is 0 Å². The number of hydrogen-bond acceptors (Lipinski definition) is 4. The van der Waals surface area contributed by atoms with E-state index in [1.165, 1.54) is 6.33 Å². The van der Waals surface area contributed by atoms with Crippen molar-refractivity contribution >= 4 is 11.2 Å². The van der Waals surface area contributed by atoms with Crippen LogP contribution in [-0.4, -0.2) is 24.6 Å². The van der Waals surface area contributed by atoms with Gasteiger partial charge in [-0.3, -0.25) is 4.57 Å². The molecule has 0 aliphatic heterocycles. The molecule has 0 saturated carbocycles. The van der Waals surface area contributed by atoms with Gasteiger partial charge in [-0.15, -0.1) is 0 Å². The highest BCUT2D eigenvalue weighted by atomic mass is 16.3. The first-order valence-electron chi connectivity index (χ1n) is 5.22. The summed E-state index contributed by atoms with van der Waals surface area (Å²) in [5, 5.41) is 9.12. The summed E-state index contributed by atoms with van der Waals surface area (Å²) in [4.78, 5) is 12.4. The Balaban J connectivity index is 2.20. The van der Waals surface area contributed by atoms with Crippen LogP contribution in [0.4, 0.5) is 0 Å². The van der Waals surface area contributed by atoms with E-state index < -0.39 is 0 Å². The maximum absolute atomic E-state index is 9.12. The van der Waals surface area contributed by atoms with Gasteiger partial charge >= 0.3 is 0 Å². The minimum absolute atomic E-state index is 0.0233. The summed E-state index contributed by atoms with van der Waals surface area (Å²) < 4.78 is 1.87. The topological polar surface area (TPSA) is 63.8 Å². The molecule has 84 valence electrons. The van der Waals surface area contributed by atoms with Crippen LogP contribution in [0.5, 0.6) is 0 Å². The summed E-state index contributed by atoms with van der Waals surface area (Å²) in [6.45, 7) is 0.0233. The van der Waals surface area contributed by atoms with Crippen LogP contribution in [0, 0.1) is 0 Å². The lowest BCUT2D eigenvalue weighted by Gasteiger charge is -2.04. The Morgan fingerprint density at radius 1 is 1.24 bits per heavy atom. The minimum Gasteiger partial charge on any atom is -0.392 e. The van der Waals surface area contributed by atoms with E-state index in [1.807, 2.05) is 28.8 Å². The molecule has 1 N–H and O–H groups in total. The predicted molar refractivity (Wildman–Crippen MR) is 62.6 cm³/mol. The smallest absolute Gasteiger partial charge is 0.167 e. The molecule has 2 heterocycles. The van der Waals surface area contributed by atoms with Crippen LogP contribution in [0.25, 0.3) is 16.9 Å². The van der Waals surface area contributed by atoms with Crippen molar-refractivity contribution in [3.63, 3.8) is 0 Å². The van der Waals surface area contributed by atoms with E-state index in [0.29, 0.717) is 0 Å². The molecule has 5 nitrogen and oxygen atoms in total. The van der Waals surface area contributed by atoms with Gasteiger partial charge in [-0.1, -0.05) is 12.1 Å². The van der Waals surface area contributed by atoms with Gasteiger partial charge < -0.3 is 5.11 Å². The lowest BCUT2D eigenvalue weighted by Crippen LogP contribution is -1.95. The number of aromatic nitrogens is 4. The SMILES string of the molecule is OCc1cccc(-n2cnc3cncnc32)c1. The predicted octanol–water partition coefficient (Wildman–Crippen LogP) is 1.31. The van der Waals surface area contributed by atoms with Crippen molar-refractivity contribution in [1.82, 2.24) is 19.5 Å². The fourth-order valence-electron chi connectivity index (χ4n) is 1.76. The number of hydrogen-bond donors (Lipinski definition) is 1. The summed E-state index contributed by atoms with van der Waals surface area (Å²) in [5.41, 5.74) is 3.30. The molecule has 0 fully saturated rings. The highest BCUT2D eigenvalue weighted by molar-refractivity contribution is 5.71. The van der Waals surface area contributed by atoms with Crippen LogP contribution in [-0.2, 0) is 6.61 Å². The van der Waals surface area contributed by atoms with Crippen LogP contribution < -0.4 is 0 Å². The Labute approximate surface area is 97.4 Å². The summed E-state index contributed by atoms with van der Waals surface area (Å²) in [6, 6.07) is 7.62. The van der Waals surface area contributed by atoms with E-state index in [0.717, 1.165) is 22.4 Å². The highest BCUT2D eigenvalue weighted by Gasteiger charge is 2.05. The molecular weight excluding hydrogens is 216 g/mol. The Hall–Kier alpha value is -2.27. The Morgan fingerprint density at radius 3 is 3.06 bits per heavy atom. The molecule has 0 amide bonds. The first-order chi connectivity index (χ1) is 8.38. The number of imidazole rings is 1. The molecule has 0 bridgehead atoms. The molecule has 0 aliphatic rings. The third-order valence-corrected chi connectivity index (χ3v) is 2.58. The Morgan fingerprint density at radius 2 is 2.18 bits per heavy atom. The van der Waals surface area contributed by atoms with Gasteiger partial charge in [-0.2, -0.15) is 0 Å². The van der Waals surface area contributed by atoms with E-state index in [4.69, 9.17) is 5.11 Å². The normalized spacial score (nSPS) is 10.9. The number of aliphatic hydroxyl groups is 1. The third kappa shape index (κ3) is 1.66.